The summed E-state index contributed by atoms with van der Waals surface area (Å²) >= 11 is 6.08. The van der Waals surface area contributed by atoms with Crippen molar-refractivity contribution in [3.63, 3.8) is 0 Å². The molecule has 8 heteroatoms. The number of pyridine rings is 2. The van der Waals surface area contributed by atoms with E-state index in [1.165, 1.54) is 9.47 Å². The summed E-state index contributed by atoms with van der Waals surface area (Å²) in [5.74, 6) is -0.161. The molecule has 174 valence electrons. The minimum absolute atomic E-state index is 0.00597. The summed E-state index contributed by atoms with van der Waals surface area (Å²) in [6.45, 7) is 1.90. The molecule has 1 unspecified atom stereocenters. The first-order chi connectivity index (χ1) is 16.8. The lowest BCUT2D eigenvalue weighted by Crippen LogP contribution is -2.32. The lowest BCUT2D eigenvalue weighted by Gasteiger charge is -2.24. The van der Waals surface area contributed by atoms with E-state index in [1.807, 2.05) is 6.92 Å². The minimum atomic E-state index is -0.438. The van der Waals surface area contributed by atoms with Crippen molar-refractivity contribution in [2.75, 3.05) is 4.90 Å². The van der Waals surface area contributed by atoms with Gasteiger partial charge in [-0.3, -0.25) is 14.5 Å². The first-order valence-corrected chi connectivity index (χ1v) is 11.5. The zero-order valence-electron chi connectivity index (χ0n) is 19.1. The van der Waals surface area contributed by atoms with Crippen LogP contribution in [0.1, 0.15) is 25.3 Å². The van der Waals surface area contributed by atoms with E-state index in [-0.39, 0.29) is 40.3 Å². The van der Waals surface area contributed by atoms with Gasteiger partial charge in [0.25, 0.3) is 5.56 Å². The Labute approximate surface area is 206 Å². The summed E-state index contributed by atoms with van der Waals surface area (Å²) in [6, 6.07) is 17.6. The van der Waals surface area contributed by atoms with Crippen LogP contribution < -0.4 is 10.5 Å². The molecule has 2 aromatic heterocycles. The van der Waals surface area contributed by atoms with Crippen molar-refractivity contribution in [2.24, 2.45) is 7.05 Å². The maximum atomic E-state index is 13.4. The van der Waals surface area contributed by atoms with Gasteiger partial charge in [-0.15, -0.1) is 0 Å². The van der Waals surface area contributed by atoms with Crippen molar-refractivity contribution in [1.29, 1.82) is 5.26 Å². The number of aromatic nitrogens is 2. The molecule has 2 aromatic carbocycles. The first-order valence-electron chi connectivity index (χ1n) is 11.2. The Morgan fingerprint density at radius 3 is 2.51 bits per heavy atom. The summed E-state index contributed by atoms with van der Waals surface area (Å²) in [4.78, 5) is 32.4. The Balaban J connectivity index is 1.88. The van der Waals surface area contributed by atoms with Crippen molar-refractivity contribution >= 4 is 34.2 Å². The molecule has 1 amide bonds. The number of hydrogen-bond acceptors (Lipinski definition) is 5. The van der Waals surface area contributed by atoms with Gasteiger partial charge in [0.15, 0.2) is 5.82 Å². The van der Waals surface area contributed by atoms with Gasteiger partial charge < -0.3 is 9.67 Å². The molecule has 1 fully saturated rings. The van der Waals surface area contributed by atoms with E-state index in [0.29, 0.717) is 39.9 Å². The third-order valence-electron chi connectivity index (χ3n) is 6.51. The average Bonchev–Trinajstić information content (AvgIpc) is 3.20. The third kappa shape index (κ3) is 3.63. The van der Waals surface area contributed by atoms with Gasteiger partial charge in [0.1, 0.15) is 22.9 Å². The Bertz CT molecular complexity index is 1600. The van der Waals surface area contributed by atoms with E-state index in [9.17, 15) is 20.0 Å². The summed E-state index contributed by atoms with van der Waals surface area (Å²) in [6.07, 6.45) is 0.978. The summed E-state index contributed by atoms with van der Waals surface area (Å²) < 4.78 is 1.45. The van der Waals surface area contributed by atoms with E-state index in [4.69, 9.17) is 11.6 Å². The molecule has 1 N–H and O–H groups in total. The molecule has 1 atom stereocenters. The van der Waals surface area contributed by atoms with Gasteiger partial charge in [-0.2, -0.15) is 5.26 Å². The zero-order chi connectivity index (χ0) is 24.9. The van der Waals surface area contributed by atoms with Crippen molar-refractivity contribution in [3.8, 4) is 34.2 Å². The number of hydrogen-bond donors (Lipinski definition) is 1. The van der Waals surface area contributed by atoms with Crippen LogP contribution in [-0.2, 0) is 11.8 Å². The molecule has 7 nitrogen and oxygen atoms in total. The molecule has 0 bridgehead atoms. The number of aryl methyl sites for hydroxylation is 1. The molecule has 1 aliphatic heterocycles. The highest BCUT2D eigenvalue weighted by atomic mass is 35.5. The lowest BCUT2D eigenvalue weighted by molar-refractivity contribution is -0.117. The predicted molar refractivity (Wildman–Crippen MR) is 135 cm³/mol. The fourth-order valence-corrected chi connectivity index (χ4v) is 4.79. The fraction of sp³-hybridized carbons (Fsp3) is 0.185. The molecule has 35 heavy (non-hydrogen) atoms. The largest absolute Gasteiger partial charge is 0.506 e. The number of nitriles is 1. The van der Waals surface area contributed by atoms with E-state index in [2.05, 4.69) is 11.1 Å². The van der Waals surface area contributed by atoms with Gasteiger partial charge in [0.05, 0.1) is 11.2 Å². The second-order valence-electron chi connectivity index (χ2n) is 8.63. The number of para-hydroxylation sites is 1. The quantitative estimate of drug-likeness (QED) is 0.440. The van der Waals surface area contributed by atoms with Crippen LogP contribution in [0.5, 0.6) is 5.75 Å². The van der Waals surface area contributed by atoms with E-state index in [0.717, 1.165) is 0 Å². The molecule has 1 saturated heterocycles. The van der Waals surface area contributed by atoms with Crippen molar-refractivity contribution in [3.05, 3.63) is 75.5 Å². The third-order valence-corrected chi connectivity index (χ3v) is 6.76. The first kappa shape index (κ1) is 22.6. The van der Waals surface area contributed by atoms with Crippen molar-refractivity contribution < 1.29 is 9.90 Å². The SMILES string of the molecule is CC1CCC(=O)N1c1nc(-c2c(O)c3ccccc3n(C)c2=O)cc(-c2ccc(Cl)cc2)c1C#N. The van der Waals surface area contributed by atoms with Crippen LogP contribution >= 0.6 is 11.6 Å². The molecule has 3 heterocycles. The van der Waals surface area contributed by atoms with Crippen LogP contribution in [0.4, 0.5) is 5.82 Å². The van der Waals surface area contributed by atoms with Gasteiger partial charge in [-0.25, -0.2) is 4.98 Å². The number of anilines is 1. The smallest absolute Gasteiger partial charge is 0.264 e. The Morgan fingerprint density at radius 2 is 1.86 bits per heavy atom. The fourth-order valence-electron chi connectivity index (χ4n) is 4.67. The van der Waals surface area contributed by atoms with Crippen LogP contribution in [0.25, 0.3) is 33.3 Å². The maximum absolute atomic E-state index is 13.4. The predicted octanol–water partition coefficient (Wildman–Crippen LogP) is 5.01. The maximum Gasteiger partial charge on any atom is 0.264 e. The number of rotatable bonds is 3. The number of amides is 1. The van der Waals surface area contributed by atoms with Gasteiger partial charge >= 0.3 is 0 Å². The normalized spacial score (nSPS) is 15.5. The number of aromatic hydroxyl groups is 1. The number of carbonyl (C=O) groups excluding carboxylic acids is 1. The van der Waals surface area contributed by atoms with Gasteiger partial charge in [-0.05, 0) is 49.2 Å². The molecule has 0 radical (unpaired) electrons. The van der Waals surface area contributed by atoms with Crippen LogP contribution in [0.15, 0.2) is 59.4 Å². The lowest BCUT2D eigenvalue weighted by atomic mass is 9.97. The average molecular weight is 485 g/mol. The van der Waals surface area contributed by atoms with Crippen LogP contribution in [0, 0.1) is 11.3 Å². The molecular weight excluding hydrogens is 464 g/mol. The van der Waals surface area contributed by atoms with E-state index in [1.54, 1.807) is 61.6 Å². The summed E-state index contributed by atoms with van der Waals surface area (Å²) in [5, 5.41) is 22.3. The van der Waals surface area contributed by atoms with Crippen molar-refractivity contribution in [1.82, 2.24) is 9.55 Å². The number of halogens is 1. The minimum Gasteiger partial charge on any atom is -0.506 e. The Hall–Kier alpha value is -4.15. The van der Waals surface area contributed by atoms with Crippen molar-refractivity contribution in [2.45, 2.75) is 25.8 Å². The highest BCUT2D eigenvalue weighted by Crippen LogP contribution is 2.39. The zero-order valence-corrected chi connectivity index (χ0v) is 19.9. The summed E-state index contributed by atoms with van der Waals surface area (Å²) in [5.41, 5.74) is 1.71. The van der Waals surface area contributed by atoms with Gasteiger partial charge in [-0.1, -0.05) is 35.9 Å². The monoisotopic (exact) mass is 484 g/mol. The molecular formula is C27H21ClN4O3. The number of nitrogens with zero attached hydrogens (tertiary/aromatic N) is 4. The van der Waals surface area contributed by atoms with Crippen LogP contribution in [0.3, 0.4) is 0 Å². The number of carbonyl (C=O) groups is 1. The van der Waals surface area contributed by atoms with Crippen LogP contribution in [-0.4, -0.2) is 26.6 Å². The molecule has 0 saturated carbocycles. The number of fused-ring (bicyclic) bond motifs is 1. The van der Waals surface area contributed by atoms with Gasteiger partial charge in [0, 0.05) is 35.5 Å². The molecule has 0 aliphatic carbocycles. The standard InChI is InChI=1S/C27H21ClN4O3/c1-15-7-12-23(33)32(15)26-20(14-29)19(16-8-10-17(28)11-9-16)13-21(30-26)24-25(34)18-5-3-4-6-22(18)31(2)27(24)35/h3-6,8-11,13,15,34H,7,12H2,1-2H3. The second kappa shape index (κ2) is 8.57. The van der Waals surface area contributed by atoms with E-state index >= 15 is 0 Å². The molecule has 4 aromatic rings. The Kier molecular flexibility index (Phi) is 5.54. The highest BCUT2D eigenvalue weighted by Gasteiger charge is 2.33. The molecule has 5 rings (SSSR count). The second-order valence-corrected chi connectivity index (χ2v) is 9.07. The summed E-state index contributed by atoms with van der Waals surface area (Å²) in [7, 11) is 1.63. The van der Waals surface area contributed by atoms with E-state index < -0.39 is 5.56 Å². The topological polar surface area (TPSA) is 99.2 Å². The molecule has 0 spiro atoms. The highest BCUT2D eigenvalue weighted by molar-refractivity contribution is 6.30. The van der Waals surface area contributed by atoms with Gasteiger partial charge in [0.2, 0.25) is 5.91 Å². The molecule has 1 aliphatic rings. The number of benzene rings is 2. The van der Waals surface area contributed by atoms with Crippen LogP contribution in [0.2, 0.25) is 5.02 Å². The Morgan fingerprint density at radius 1 is 1.14 bits per heavy atom.